The summed E-state index contributed by atoms with van der Waals surface area (Å²) < 4.78 is 30.3. The Bertz CT molecular complexity index is 1390. The molecule has 0 spiro atoms. The maximum atomic E-state index is 13.5. The number of hydrogen-bond acceptors (Lipinski definition) is 9. The second kappa shape index (κ2) is 20.2. The first-order valence-electron chi connectivity index (χ1n) is 16.5. The quantitative estimate of drug-likeness (QED) is 0.114. The minimum absolute atomic E-state index is 0.0765. The molecule has 0 saturated carbocycles. The maximum Gasteiger partial charge on any atom is 0.243 e. The van der Waals surface area contributed by atoms with Crippen molar-refractivity contribution >= 4 is 23.2 Å². The highest BCUT2D eigenvalue weighted by Gasteiger charge is 2.32. The number of aromatic nitrogens is 1. The molecule has 2 amide bonds. The summed E-state index contributed by atoms with van der Waals surface area (Å²) in [4.78, 5) is 31.1. The van der Waals surface area contributed by atoms with Gasteiger partial charge in [0, 0.05) is 44.2 Å². The lowest BCUT2D eigenvalue weighted by Crippen LogP contribution is -2.52. The van der Waals surface area contributed by atoms with Crippen LogP contribution < -0.4 is 21.1 Å². The van der Waals surface area contributed by atoms with Crippen LogP contribution in [0.2, 0.25) is 0 Å². The van der Waals surface area contributed by atoms with Crippen molar-refractivity contribution in [3.63, 3.8) is 0 Å². The smallest absolute Gasteiger partial charge is 0.243 e. The number of nitrogens with one attached hydrogen (secondary N) is 2. The predicted molar refractivity (Wildman–Crippen MR) is 186 cm³/mol. The van der Waals surface area contributed by atoms with Gasteiger partial charge < -0.3 is 35.7 Å². The van der Waals surface area contributed by atoms with Crippen molar-refractivity contribution in [2.75, 3.05) is 26.9 Å². The summed E-state index contributed by atoms with van der Waals surface area (Å²) in [5.41, 5.74) is 8.86. The average molecular weight is 687 g/mol. The van der Waals surface area contributed by atoms with Crippen LogP contribution in [0.3, 0.4) is 0 Å². The van der Waals surface area contributed by atoms with Crippen LogP contribution in [0.15, 0.2) is 54.0 Å². The number of thiazole rings is 1. The first-order valence-corrected chi connectivity index (χ1v) is 17.4. The summed E-state index contributed by atoms with van der Waals surface area (Å²) in [5, 5.41) is 19.6. The molecule has 3 rings (SSSR count). The van der Waals surface area contributed by atoms with Crippen LogP contribution in [0, 0.1) is 23.6 Å². The Morgan fingerprint density at radius 2 is 1.79 bits per heavy atom. The fourth-order valence-corrected chi connectivity index (χ4v) is 5.77. The van der Waals surface area contributed by atoms with Crippen molar-refractivity contribution in [3.05, 3.63) is 71.0 Å². The monoisotopic (exact) mass is 686 g/mol. The van der Waals surface area contributed by atoms with Gasteiger partial charge in [0.1, 0.15) is 22.6 Å². The molecule has 5 atom stereocenters. The number of aliphatic hydroxyl groups is 1. The van der Waals surface area contributed by atoms with E-state index in [1.165, 1.54) is 23.5 Å². The Morgan fingerprint density at radius 1 is 1.06 bits per heavy atom. The number of nitrogens with two attached hydrogens (primary N) is 1. The minimum Gasteiger partial charge on any atom is -0.493 e. The Hall–Kier alpha value is -3.42. The predicted octanol–water partition coefficient (Wildman–Crippen LogP) is 5.08. The summed E-state index contributed by atoms with van der Waals surface area (Å²) in [6.45, 7) is 9.29. The topological polar surface area (TPSA) is 145 Å². The third-order valence-electron chi connectivity index (χ3n) is 8.34. The number of hydrogen-bond donors (Lipinski definition) is 4. The van der Waals surface area contributed by atoms with Gasteiger partial charge in [-0.15, -0.1) is 11.3 Å². The number of carbonyl (C=O) groups excluding carboxylic acids is 2. The van der Waals surface area contributed by atoms with Gasteiger partial charge in [-0.3, -0.25) is 9.59 Å². The van der Waals surface area contributed by atoms with E-state index in [0.717, 1.165) is 28.1 Å². The largest absolute Gasteiger partial charge is 0.493 e. The fraction of sp³-hybridized carbons (Fsp3) is 0.528. The summed E-state index contributed by atoms with van der Waals surface area (Å²) in [6, 6.07) is 10.2. The number of amides is 2. The molecule has 264 valence electrons. The average Bonchev–Trinajstić information content (AvgIpc) is 3.62. The van der Waals surface area contributed by atoms with Crippen LogP contribution in [-0.4, -0.2) is 67.0 Å². The molecule has 1 aromatic heterocycles. The van der Waals surface area contributed by atoms with Gasteiger partial charge in [0.05, 0.1) is 37.5 Å². The third-order valence-corrected chi connectivity index (χ3v) is 9.15. The molecule has 0 bridgehead atoms. The van der Waals surface area contributed by atoms with Crippen molar-refractivity contribution in [3.8, 4) is 16.3 Å². The van der Waals surface area contributed by atoms with E-state index >= 15 is 0 Å². The van der Waals surface area contributed by atoms with Gasteiger partial charge in [-0.1, -0.05) is 52.3 Å². The molecule has 10 nitrogen and oxygen atoms in total. The van der Waals surface area contributed by atoms with Crippen molar-refractivity contribution in [1.29, 1.82) is 0 Å². The van der Waals surface area contributed by atoms with Crippen molar-refractivity contribution < 1.29 is 33.3 Å². The second-order valence-corrected chi connectivity index (χ2v) is 13.3. The van der Waals surface area contributed by atoms with E-state index in [1.54, 1.807) is 25.4 Å². The van der Waals surface area contributed by atoms with Crippen LogP contribution in [0.1, 0.15) is 58.1 Å². The van der Waals surface area contributed by atoms with Crippen LogP contribution >= 0.6 is 11.3 Å². The molecule has 0 aliphatic carbocycles. The second-order valence-electron chi connectivity index (χ2n) is 12.4. The van der Waals surface area contributed by atoms with Crippen LogP contribution in [0.4, 0.5) is 4.39 Å². The molecule has 0 aliphatic heterocycles. The molecule has 0 unspecified atom stereocenters. The normalized spacial score (nSPS) is 14.6. The van der Waals surface area contributed by atoms with Crippen molar-refractivity contribution in [2.24, 2.45) is 23.5 Å². The first-order chi connectivity index (χ1) is 23.0. The highest BCUT2D eigenvalue weighted by Crippen LogP contribution is 2.33. The lowest BCUT2D eigenvalue weighted by atomic mass is 9.86. The van der Waals surface area contributed by atoms with E-state index in [-0.39, 0.29) is 55.6 Å². The van der Waals surface area contributed by atoms with Gasteiger partial charge >= 0.3 is 0 Å². The number of rotatable bonds is 21. The molecule has 0 aliphatic rings. The van der Waals surface area contributed by atoms with E-state index in [0.29, 0.717) is 25.4 Å². The molecule has 3 aromatic rings. The highest BCUT2D eigenvalue weighted by atomic mass is 32.1. The van der Waals surface area contributed by atoms with Crippen LogP contribution in [0.5, 0.6) is 5.75 Å². The van der Waals surface area contributed by atoms with E-state index in [1.807, 2.05) is 51.3 Å². The molecule has 48 heavy (non-hydrogen) atoms. The standard InChI is InChI=1S/C36H51FN4O6S/c1-6-24(4)33(35(44)40-20-25-8-11-27(37)12-9-25)41-34(43)29(23(2)3)19-31(42)30(38)22-46-21-26-10-13-28(36-39-14-17-48-36)32(18-26)47-16-7-15-45-5/h8-14,17-18,23-24,29-31,33,42H,6-7,15-16,19-22,38H2,1-5H3,(H,40,44)(H,41,43)/t24-,29+,30-,31-,33-/m0/s1. The highest BCUT2D eigenvalue weighted by molar-refractivity contribution is 7.13. The summed E-state index contributed by atoms with van der Waals surface area (Å²) in [5.74, 6) is -1.13. The van der Waals surface area contributed by atoms with E-state index < -0.39 is 24.1 Å². The van der Waals surface area contributed by atoms with Crippen LogP contribution in [-0.2, 0) is 32.2 Å². The van der Waals surface area contributed by atoms with Gasteiger partial charge in [0.2, 0.25) is 11.8 Å². The van der Waals surface area contributed by atoms with Gasteiger partial charge in [-0.2, -0.15) is 0 Å². The van der Waals surface area contributed by atoms with Gasteiger partial charge in [0.25, 0.3) is 0 Å². The number of carbonyl (C=O) groups is 2. The molecule has 5 N–H and O–H groups in total. The Morgan fingerprint density at radius 3 is 2.44 bits per heavy atom. The number of benzene rings is 2. The number of methoxy groups -OCH3 is 1. The Balaban J connectivity index is 1.56. The molecule has 0 saturated heterocycles. The molecular weight excluding hydrogens is 635 g/mol. The minimum atomic E-state index is -1.01. The Kier molecular flexibility index (Phi) is 16.4. The van der Waals surface area contributed by atoms with Crippen molar-refractivity contribution in [1.82, 2.24) is 15.6 Å². The molecule has 12 heteroatoms. The van der Waals surface area contributed by atoms with E-state index in [2.05, 4.69) is 15.6 Å². The summed E-state index contributed by atoms with van der Waals surface area (Å²) in [7, 11) is 1.66. The Labute approximate surface area is 287 Å². The number of ether oxygens (including phenoxy) is 3. The lowest BCUT2D eigenvalue weighted by Gasteiger charge is -2.29. The zero-order valence-corrected chi connectivity index (χ0v) is 29.4. The zero-order chi connectivity index (χ0) is 35.1. The molecule has 0 radical (unpaired) electrons. The summed E-state index contributed by atoms with van der Waals surface area (Å²) in [6.07, 6.45) is 2.27. The third kappa shape index (κ3) is 12.2. The molecule has 2 aromatic carbocycles. The SMILES string of the molecule is CC[C@H](C)[C@H](NC(=O)[C@H](C[C@H](O)[C@@H](N)COCc1ccc(-c2nccs2)c(OCCCOC)c1)C(C)C)C(=O)NCc1ccc(F)cc1. The lowest BCUT2D eigenvalue weighted by molar-refractivity contribution is -0.134. The van der Waals surface area contributed by atoms with E-state index in [4.69, 9.17) is 19.9 Å². The molecule has 0 fully saturated rings. The van der Waals surface area contributed by atoms with Gasteiger partial charge in [0.15, 0.2) is 0 Å². The zero-order valence-electron chi connectivity index (χ0n) is 28.6. The van der Waals surface area contributed by atoms with Crippen molar-refractivity contribution in [2.45, 2.75) is 78.3 Å². The van der Waals surface area contributed by atoms with Gasteiger partial charge in [-0.25, -0.2) is 9.37 Å². The summed E-state index contributed by atoms with van der Waals surface area (Å²) >= 11 is 1.53. The van der Waals surface area contributed by atoms with E-state index in [9.17, 15) is 19.1 Å². The number of nitrogens with zero attached hydrogens (tertiary/aromatic N) is 1. The fourth-order valence-electron chi connectivity index (χ4n) is 5.10. The maximum absolute atomic E-state index is 13.5. The number of aliphatic hydroxyl groups excluding tert-OH is 1. The molecule has 1 heterocycles. The number of halogens is 1. The molecular formula is C36H51FN4O6S. The van der Waals surface area contributed by atoms with Gasteiger partial charge in [-0.05, 0) is 53.6 Å². The van der Waals surface area contributed by atoms with Crippen LogP contribution in [0.25, 0.3) is 10.6 Å². The first kappa shape index (κ1) is 39.0.